The molecule has 3 atom stereocenters. The van der Waals surface area contributed by atoms with E-state index < -0.39 is 21.2 Å². The Morgan fingerprint density at radius 2 is 1.83 bits per heavy atom. The van der Waals surface area contributed by atoms with E-state index in [1.54, 1.807) is 36.6 Å². The molecular formula is C23H29ClN6O5S. The number of nitrogens with zero attached hydrogens (tertiary/aromatic N) is 5. The van der Waals surface area contributed by atoms with E-state index >= 15 is 0 Å². The minimum Gasteiger partial charge on any atom is -0.494 e. The zero-order valence-electron chi connectivity index (χ0n) is 20.5. The molecule has 11 nitrogen and oxygen atoms in total. The first kappa shape index (κ1) is 26.1. The molecule has 194 valence electrons. The Labute approximate surface area is 215 Å². The van der Waals surface area contributed by atoms with Crippen molar-refractivity contribution in [3.8, 4) is 17.2 Å². The van der Waals surface area contributed by atoms with Crippen molar-refractivity contribution in [1.29, 1.82) is 0 Å². The Morgan fingerprint density at radius 1 is 1.17 bits per heavy atom. The molecule has 3 heterocycles. The molecule has 3 aromatic rings. The van der Waals surface area contributed by atoms with E-state index in [4.69, 9.17) is 25.8 Å². The van der Waals surface area contributed by atoms with Crippen molar-refractivity contribution in [1.82, 2.24) is 24.7 Å². The fraction of sp³-hybridized carbons (Fsp3) is 0.478. The van der Waals surface area contributed by atoms with Crippen LogP contribution in [-0.2, 0) is 21.2 Å². The van der Waals surface area contributed by atoms with Crippen LogP contribution >= 0.6 is 11.6 Å². The first-order chi connectivity index (χ1) is 17.2. The highest BCUT2D eigenvalue weighted by molar-refractivity contribution is 7.93. The normalized spacial score (nSPS) is 17.5. The maximum Gasteiger partial charge on any atom is 0.243 e. The van der Waals surface area contributed by atoms with Gasteiger partial charge in [0.15, 0.2) is 0 Å². The molecule has 0 amide bonds. The highest BCUT2D eigenvalue weighted by Gasteiger charge is 2.33. The van der Waals surface area contributed by atoms with Gasteiger partial charge >= 0.3 is 0 Å². The molecular weight excluding hydrogens is 508 g/mol. The van der Waals surface area contributed by atoms with Crippen molar-refractivity contribution < 1.29 is 22.6 Å². The van der Waals surface area contributed by atoms with Crippen molar-refractivity contribution in [2.24, 2.45) is 0 Å². The zero-order valence-corrected chi connectivity index (χ0v) is 22.1. The summed E-state index contributed by atoms with van der Waals surface area (Å²) in [6.45, 7) is 4.01. The third-order valence-corrected chi connectivity index (χ3v) is 8.31. The lowest BCUT2D eigenvalue weighted by molar-refractivity contribution is 0.109. The average molecular weight is 537 g/mol. The third kappa shape index (κ3) is 5.40. The van der Waals surface area contributed by atoms with Crippen LogP contribution in [0, 0.1) is 0 Å². The number of halogens is 1. The highest BCUT2D eigenvalue weighted by atomic mass is 35.5. The van der Waals surface area contributed by atoms with Gasteiger partial charge in [0.1, 0.15) is 28.8 Å². The maximum absolute atomic E-state index is 13.5. The number of para-hydroxylation sites is 1. The number of rotatable bonds is 10. The van der Waals surface area contributed by atoms with Crippen LogP contribution in [0.2, 0.25) is 5.02 Å². The second-order valence-corrected chi connectivity index (χ2v) is 11.0. The summed E-state index contributed by atoms with van der Waals surface area (Å²) in [4.78, 5) is 8.35. The van der Waals surface area contributed by atoms with Crippen molar-refractivity contribution in [3.05, 3.63) is 47.3 Å². The van der Waals surface area contributed by atoms with Gasteiger partial charge in [0.25, 0.3) is 0 Å². The van der Waals surface area contributed by atoms with Gasteiger partial charge in [-0.3, -0.25) is 9.29 Å². The molecule has 1 saturated heterocycles. The van der Waals surface area contributed by atoms with E-state index in [-0.39, 0.29) is 12.1 Å². The number of benzene rings is 1. The largest absolute Gasteiger partial charge is 0.494 e. The summed E-state index contributed by atoms with van der Waals surface area (Å²) >= 11 is 5.88. The first-order valence-electron chi connectivity index (χ1n) is 11.5. The van der Waals surface area contributed by atoms with Crippen LogP contribution in [0.25, 0.3) is 5.69 Å². The number of sulfonamides is 1. The molecule has 0 radical (unpaired) electrons. The van der Waals surface area contributed by atoms with Crippen LogP contribution in [0.15, 0.2) is 30.6 Å². The van der Waals surface area contributed by atoms with Gasteiger partial charge in [-0.05, 0) is 31.9 Å². The molecule has 0 aliphatic carbocycles. The lowest BCUT2D eigenvalue weighted by Gasteiger charge is -2.21. The summed E-state index contributed by atoms with van der Waals surface area (Å²) in [5.41, 5.74) is 0.486. The minimum atomic E-state index is -3.95. The molecule has 1 N–H and O–H groups in total. The summed E-state index contributed by atoms with van der Waals surface area (Å²) in [6, 6.07) is 5.30. The molecule has 13 heteroatoms. The van der Waals surface area contributed by atoms with Gasteiger partial charge in [-0.2, -0.15) is 0 Å². The predicted octanol–water partition coefficient (Wildman–Crippen LogP) is 3.38. The van der Waals surface area contributed by atoms with E-state index in [0.717, 1.165) is 12.8 Å². The van der Waals surface area contributed by atoms with E-state index in [1.807, 2.05) is 0 Å². The summed E-state index contributed by atoms with van der Waals surface area (Å²) in [7, 11) is -0.894. The lowest BCUT2D eigenvalue weighted by Crippen LogP contribution is -2.31. The van der Waals surface area contributed by atoms with E-state index in [1.165, 1.54) is 26.6 Å². The van der Waals surface area contributed by atoms with Crippen LogP contribution in [0.4, 0.5) is 5.95 Å². The predicted molar refractivity (Wildman–Crippen MR) is 135 cm³/mol. The third-order valence-electron chi connectivity index (χ3n) is 6.26. The number of anilines is 1. The Morgan fingerprint density at radius 3 is 2.42 bits per heavy atom. The van der Waals surface area contributed by atoms with E-state index in [2.05, 4.69) is 24.9 Å². The number of aromatic nitrogens is 5. The number of ether oxygens (including phenoxy) is 3. The molecule has 0 saturated carbocycles. The topological polar surface area (TPSA) is 130 Å². The van der Waals surface area contributed by atoms with E-state index in [0.29, 0.717) is 46.9 Å². The van der Waals surface area contributed by atoms with Gasteiger partial charge in [-0.1, -0.05) is 24.6 Å². The van der Waals surface area contributed by atoms with Crippen LogP contribution < -0.4 is 14.2 Å². The van der Waals surface area contributed by atoms with Crippen molar-refractivity contribution in [2.45, 2.75) is 50.4 Å². The Bertz CT molecular complexity index is 1270. The van der Waals surface area contributed by atoms with Crippen LogP contribution in [0.5, 0.6) is 11.5 Å². The second kappa shape index (κ2) is 11.0. The molecule has 0 unspecified atom stereocenters. The quantitative estimate of drug-likeness (QED) is 0.414. The summed E-state index contributed by atoms with van der Waals surface area (Å²) in [5, 5.41) is 8.00. The Hall–Kier alpha value is -2.96. The number of nitrogens with one attached hydrogen (secondary N) is 1. The smallest absolute Gasteiger partial charge is 0.243 e. The molecule has 1 aromatic carbocycles. The number of methoxy groups -OCH3 is 2. The standard InChI is InChI=1S/C23H29ClN6O5S/c1-14(22-25-12-16(24)13-26-22)15(2)36(31,32)29-23-28-27-20(11-17-7-6-10-35-17)30(23)21-18(33-3)8-5-9-19(21)34-4/h5,8-9,12-15,17H,6-7,10-11H2,1-4H3,(H,28,29)/t14-,15-,17-/m0/s1. The fourth-order valence-corrected chi connectivity index (χ4v) is 5.40. The summed E-state index contributed by atoms with van der Waals surface area (Å²) in [5.74, 6) is 1.32. The van der Waals surface area contributed by atoms with Crippen molar-refractivity contribution >= 4 is 27.6 Å². The van der Waals surface area contributed by atoms with Gasteiger partial charge in [0.05, 0.1) is 30.6 Å². The average Bonchev–Trinajstić information content (AvgIpc) is 3.53. The first-order valence-corrected chi connectivity index (χ1v) is 13.4. The molecule has 1 aliphatic rings. The van der Waals surface area contributed by atoms with Crippen LogP contribution in [0.1, 0.15) is 44.3 Å². The van der Waals surface area contributed by atoms with Crippen molar-refractivity contribution in [2.75, 3.05) is 25.5 Å². The molecule has 2 aromatic heterocycles. The number of hydrogen-bond acceptors (Lipinski definition) is 9. The SMILES string of the molecule is COc1cccc(OC)c1-n1c(C[C@@H]2CCCO2)nnc1NS(=O)(=O)[C@@H](C)[C@H](C)c1ncc(Cl)cn1. The van der Waals surface area contributed by atoms with Gasteiger partial charge in [-0.15, -0.1) is 10.2 Å². The van der Waals surface area contributed by atoms with Gasteiger partial charge in [0, 0.05) is 31.3 Å². The summed E-state index contributed by atoms with van der Waals surface area (Å²) in [6.07, 6.45) is 5.12. The van der Waals surface area contributed by atoms with Gasteiger partial charge in [0.2, 0.25) is 16.0 Å². The molecule has 4 rings (SSSR count). The van der Waals surface area contributed by atoms with Gasteiger partial charge in [-0.25, -0.2) is 18.4 Å². The monoisotopic (exact) mass is 536 g/mol. The minimum absolute atomic E-state index is 0.0156. The zero-order chi connectivity index (χ0) is 25.9. The molecule has 36 heavy (non-hydrogen) atoms. The van der Waals surface area contributed by atoms with E-state index in [9.17, 15) is 8.42 Å². The van der Waals surface area contributed by atoms with Crippen LogP contribution in [-0.4, -0.2) is 65.3 Å². The molecule has 1 aliphatic heterocycles. The Balaban J connectivity index is 1.73. The summed E-state index contributed by atoms with van der Waals surface area (Å²) < 4.78 is 48.1. The van der Waals surface area contributed by atoms with Gasteiger partial charge < -0.3 is 14.2 Å². The van der Waals surface area contributed by atoms with Crippen molar-refractivity contribution in [3.63, 3.8) is 0 Å². The lowest BCUT2D eigenvalue weighted by atomic mass is 10.1. The fourth-order valence-electron chi connectivity index (χ4n) is 4.07. The second-order valence-electron chi connectivity index (χ2n) is 8.53. The molecule has 1 fully saturated rings. The molecule has 0 spiro atoms. The highest BCUT2D eigenvalue weighted by Crippen LogP contribution is 2.36. The van der Waals surface area contributed by atoms with Crippen LogP contribution in [0.3, 0.4) is 0 Å². The Kier molecular flexibility index (Phi) is 7.96. The molecule has 0 bridgehead atoms. The number of hydrogen-bond donors (Lipinski definition) is 1. The maximum atomic E-state index is 13.5.